The number of aryl methyl sites for hydroxylation is 1. The number of benzene rings is 1. The largest absolute Gasteiger partial charge is 0.439 e. The van der Waals surface area contributed by atoms with Crippen molar-refractivity contribution in [1.82, 2.24) is 20.5 Å². The Bertz CT molecular complexity index is 986. The number of nitrogens with one attached hydrogen (secondary N) is 3. The van der Waals surface area contributed by atoms with Gasteiger partial charge in [0.25, 0.3) is 0 Å². The molecule has 0 bridgehead atoms. The summed E-state index contributed by atoms with van der Waals surface area (Å²) in [6, 6.07) is 12.0. The summed E-state index contributed by atoms with van der Waals surface area (Å²) in [6.07, 6.45) is 5.68. The Morgan fingerprint density at radius 2 is 2.07 bits per heavy atom. The molecule has 8 heteroatoms. The topological polar surface area (TPSA) is 109 Å². The van der Waals surface area contributed by atoms with E-state index in [4.69, 9.17) is 4.74 Å². The zero-order chi connectivity index (χ0) is 19.3. The summed E-state index contributed by atoms with van der Waals surface area (Å²) in [4.78, 5) is 28.6. The molecule has 3 N–H and O–H groups in total. The van der Waals surface area contributed by atoms with Crippen LogP contribution >= 0.6 is 0 Å². The van der Waals surface area contributed by atoms with Crippen molar-refractivity contribution in [1.29, 1.82) is 0 Å². The predicted octanol–water partition coefficient (Wildman–Crippen LogP) is 2.21. The molecular formula is C20H19N5O3. The zero-order valence-corrected chi connectivity index (χ0v) is 15.0. The molecule has 1 aliphatic carbocycles. The summed E-state index contributed by atoms with van der Waals surface area (Å²) >= 11 is 0. The number of amides is 2. The second kappa shape index (κ2) is 7.91. The Morgan fingerprint density at radius 1 is 1.14 bits per heavy atom. The molecule has 2 heterocycles. The Morgan fingerprint density at radius 3 is 2.93 bits per heavy atom. The quantitative estimate of drug-likeness (QED) is 0.604. The lowest BCUT2D eigenvalue weighted by Crippen LogP contribution is -2.44. The summed E-state index contributed by atoms with van der Waals surface area (Å²) in [5.74, 6) is -0.426. The fraction of sp³-hybridized carbons (Fsp3) is 0.200. The molecule has 1 aliphatic rings. The summed E-state index contributed by atoms with van der Waals surface area (Å²) in [7, 11) is 0. The van der Waals surface area contributed by atoms with Gasteiger partial charge in [-0.3, -0.25) is 14.7 Å². The third-order valence-electron chi connectivity index (χ3n) is 4.51. The van der Waals surface area contributed by atoms with E-state index < -0.39 is 11.8 Å². The van der Waals surface area contributed by atoms with Crippen molar-refractivity contribution in [2.24, 2.45) is 0 Å². The van der Waals surface area contributed by atoms with Crippen LogP contribution in [0.15, 0.2) is 54.9 Å². The average molecular weight is 377 g/mol. The average Bonchev–Trinajstić information content (AvgIpc) is 3.17. The number of ether oxygens (including phenoxy) is 1. The number of nitrogens with zero attached hydrogens (tertiary/aromatic N) is 2. The van der Waals surface area contributed by atoms with Crippen LogP contribution in [0.2, 0.25) is 0 Å². The normalized spacial score (nSPS) is 15.4. The highest BCUT2D eigenvalue weighted by molar-refractivity contribution is 6.39. The maximum absolute atomic E-state index is 12.3. The lowest BCUT2D eigenvalue weighted by molar-refractivity contribution is -0.136. The molecule has 0 spiro atoms. The molecule has 142 valence electrons. The number of pyridine rings is 1. The highest BCUT2D eigenvalue weighted by atomic mass is 16.5. The van der Waals surface area contributed by atoms with Gasteiger partial charge in [0.05, 0.1) is 6.20 Å². The summed E-state index contributed by atoms with van der Waals surface area (Å²) in [5, 5.41) is 12.3. The fourth-order valence-electron chi connectivity index (χ4n) is 3.14. The number of H-pyrrole nitrogens is 1. The van der Waals surface area contributed by atoms with Gasteiger partial charge in [-0.2, -0.15) is 5.10 Å². The third kappa shape index (κ3) is 4.17. The van der Waals surface area contributed by atoms with Gasteiger partial charge in [-0.05, 0) is 36.6 Å². The third-order valence-corrected chi connectivity index (χ3v) is 4.51. The molecule has 3 aromatic rings. The Labute approximate surface area is 161 Å². The minimum Gasteiger partial charge on any atom is -0.439 e. The second-order valence-corrected chi connectivity index (χ2v) is 6.54. The van der Waals surface area contributed by atoms with E-state index >= 15 is 0 Å². The molecule has 0 saturated heterocycles. The highest BCUT2D eigenvalue weighted by Gasteiger charge is 2.24. The van der Waals surface area contributed by atoms with Crippen LogP contribution in [-0.4, -0.2) is 33.0 Å². The van der Waals surface area contributed by atoms with E-state index in [-0.39, 0.29) is 6.04 Å². The van der Waals surface area contributed by atoms with E-state index in [1.807, 2.05) is 6.07 Å². The number of carbonyl (C=O) groups is 2. The van der Waals surface area contributed by atoms with Gasteiger partial charge < -0.3 is 15.4 Å². The minimum absolute atomic E-state index is 0.0926. The van der Waals surface area contributed by atoms with Crippen LogP contribution in [0.25, 0.3) is 0 Å². The Kier molecular flexibility index (Phi) is 5.01. The summed E-state index contributed by atoms with van der Waals surface area (Å²) in [6.45, 7) is 0. The standard InChI is InChI=1S/C20H19N5O3/c26-19(20(27)24-15-8-7-13-12-22-25-17(13)11-15)23-14-4-3-5-16(10-14)28-18-6-1-2-9-21-18/h1-6,9-10,12,15H,7-8,11H2,(H,22,25)(H,23,26)(H,24,27). The van der Waals surface area contributed by atoms with Gasteiger partial charge in [-0.25, -0.2) is 4.98 Å². The van der Waals surface area contributed by atoms with E-state index in [2.05, 4.69) is 25.8 Å². The number of carbonyl (C=O) groups excluding carboxylic acids is 2. The van der Waals surface area contributed by atoms with Crippen LogP contribution in [0.4, 0.5) is 5.69 Å². The number of rotatable bonds is 4. The van der Waals surface area contributed by atoms with Crippen LogP contribution in [0.5, 0.6) is 11.6 Å². The monoisotopic (exact) mass is 377 g/mol. The van der Waals surface area contributed by atoms with E-state index in [1.54, 1.807) is 48.8 Å². The highest BCUT2D eigenvalue weighted by Crippen LogP contribution is 2.22. The first-order chi connectivity index (χ1) is 13.7. The van der Waals surface area contributed by atoms with Crippen molar-refractivity contribution >= 4 is 17.5 Å². The molecule has 8 nitrogen and oxygen atoms in total. The lowest BCUT2D eigenvalue weighted by Gasteiger charge is -2.22. The van der Waals surface area contributed by atoms with Crippen molar-refractivity contribution < 1.29 is 14.3 Å². The van der Waals surface area contributed by atoms with Gasteiger partial charge in [-0.1, -0.05) is 12.1 Å². The summed E-state index contributed by atoms with van der Waals surface area (Å²) < 4.78 is 5.64. The SMILES string of the molecule is O=C(Nc1cccc(Oc2ccccn2)c1)C(=O)NC1CCc2cn[nH]c2C1. The maximum Gasteiger partial charge on any atom is 0.313 e. The number of aromatic amines is 1. The first kappa shape index (κ1) is 17.7. The number of hydrogen-bond donors (Lipinski definition) is 3. The maximum atomic E-state index is 12.3. The van der Waals surface area contributed by atoms with Crippen LogP contribution in [0.3, 0.4) is 0 Å². The molecule has 1 aromatic carbocycles. The number of fused-ring (bicyclic) bond motifs is 1. The second-order valence-electron chi connectivity index (χ2n) is 6.54. The molecule has 2 aromatic heterocycles. The van der Waals surface area contributed by atoms with Crippen LogP contribution in [0, 0.1) is 0 Å². The van der Waals surface area contributed by atoms with E-state index in [0.29, 0.717) is 23.7 Å². The molecule has 2 amide bonds. The molecule has 4 rings (SSSR count). The van der Waals surface area contributed by atoms with Crippen molar-refractivity contribution in [3.63, 3.8) is 0 Å². The van der Waals surface area contributed by atoms with Crippen LogP contribution in [0.1, 0.15) is 17.7 Å². The van der Waals surface area contributed by atoms with Gasteiger partial charge in [0.15, 0.2) is 0 Å². The van der Waals surface area contributed by atoms with Crippen LogP contribution < -0.4 is 15.4 Å². The molecule has 0 fully saturated rings. The minimum atomic E-state index is -0.717. The molecule has 0 saturated carbocycles. The number of aromatic nitrogens is 3. The van der Waals surface area contributed by atoms with E-state index in [0.717, 1.165) is 18.5 Å². The van der Waals surface area contributed by atoms with Crippen LogP contribution in [-0.2, 0) is 22.4 Å². The number of anilines is 1. The van der Waals surface area contributed by atoms with E-state index in [9.17, 15) is 9.59 Å². The van der Waals surface area contributed by atoms with Crippen molar-refractivity contribution in [3.05, 3.63) is 66.1 Å². The Hall–Kier alpha value is -3.68. The fourth-order valence-corrected chi connectivity index (χ4v) is 3.14. The smallest absolute Gasteiger partial charge is 0.313 e. The van der Waals surface area contributed by atoms with E-state index in [1.165, 1.54) is 5.56 Å². The van der Waals surface area contributed by atoms with Gasteiger partial charge >= 0.3 is 11.8 Å². The van der Waals surface area contributed by atoms with Gasteiger partial charge in [0, 0.05) is 42.2 Å². The molecule has 28 heavy (non-hydrogen) atoms. The molecule has 1 atom stereocenters. The molecular weight excluding hydrogens is 358 g/mol. The van der Waals surface area contributed by atoms with Crippen molar-refractivity contribution in [2.45, 2.75) is 25.3 Å². The first-order valence-electron chi connectivity index (χ1n) is 8.99. The lowest BCUT2D eigenvalue weighted by atomic mass is 9.94. The Balaban J connectivity index is 1.34. The van der Waals surface area contributed by atoms with Gasteiger partial charge in [0.1, 0.15) is 5.75 Å². The van der Waals surface area contributed by atoms with Gasteiger partial charge in [-0.15, -0.1) is 0 Å². The molecule has 0 aliphatic heterocycles. The first-order valence-corrected chi connectivity index (χ1v) is 8.99. The summed E-state index contributed by atoms with van der Waals surface area (Å²) in [5.41, 5.74) is 2.64. The molecule has 0 radical (unpaired) electrons. The van der Waals surface area contributed by atoms with Crippen molar-refractivity contribution in [2.75, 3.05) is 5.32 Å². The molecule has 1 unspecified atom stereocenters. The predicted molar refractivity (Wildman–Crippen MR) is 102 cm³/mol. The zero-order valence-electron chi connectivity index (χ0n) is 15.0. The van der Waals surface area contributed by atoms with Crippen molar-refractivity contribution in [3.8, 4) is 11.6 Å². The number of hydrogen-bond acceptors (Lipinski definition) is 5. The van der Waals surface area contributed by atoms with Gasteiger partial charge in [0.2, 0.25) is 5.88 Å².